The molecule has 5 nitrogen and oxygen atoms in total. The minimum atomic E-state index is -1.56. The highest BCUT2D eigenvalue weighted by Crippen LogP contribution is 2.44. The van der Waals surface area contributed by atoms with Gasteiger partial charge >= 0.3 is 12.1 Å². The monoisotopic (exact) mass is 355 g/mol. The molecule has 1 amide bonds. The fraction of sp³-hybridized carbons (Fsp3) is 0.300. The van der Waals surface area contributed by atoms with Crippen molar-refractivity contribution < 1.29 is 23.8 Å². The van der Waals surface area contributed by atoms with Crippen molar-refractivity contribution in [1.29, 1.82) is 0 Å². The molecular weight excluding hydrogens is 337 g/mol. The smallest absolute Gasteiger partial charge is 0.410 e. The van der Waals surface area contributed by atoms with E-state index >= 15 is 0 Å². The number of aliphatic carboxylic acids is 1. The summed E-state index contributed by atoms with van der Waals surface area (Å²) in [5.74, 6) is -1.46. The predicted molar refractivity (Wildman–Crippen MR) is 92.7 cm³/mol. The molecule has 6 heteroatoms. The van der Waals surface area contributed by atoms with Gasteiger partial charge in [0.05, 0.1) is 0 Å². The number of alkyl halides is 1. The second-order valence-electron chi connectivity index (χ2n) is 6.59. The van der Waals surface area contributed by atoms with Gasteiger partial charge in [0, 0.05) is 12.5 Å². The lowest BCUT2D eigenvalue weighted by Crippen LogP contribution is -2.44. The van der Waals surface area contributed by atoms with Gasteiger partial charge in [0.1, 0.15) is 12.8 Å². The van der Waals surface area contributed by atoms with Gasteiger partial charge in [-0.3, -0.25) is 4.90 Å². The Bertz CT molecular complexity index is 823. The van der Waals surface area contributed by atoms with E-state index in [1.807, 2.05) is 48.5 Å². The third kappa shape index (κ3) is 2.62. The molecule has 2 aliphatic rings. The summed E-state index contributed by atoms with van der Waals surface area (Å²) >= 11 is 0. The van der Waals surface area contributed by atoms with E-state index in [0.717, 1.165) is 27.2 Å². The second-order valence-corrected chi connectivity index (χ2v) is 6.59. The summed E-state index contributed by atoms with van der Waals surface area (Å²) in [4.78, 5) is 24.6. The minimum absolute atomic E-state index is 0.0150. The molecule has 26 heavy (non-hydrogen) atoms. The number of halogens is 1. The molecule has 1 fully saturated rings. The van der Waals surface area contributed by atoms with Crippen LogP contribution in [0.15, 0.2) is 48.5 Å². The summed E-state index contributed by atoms with van der Waals surface area (Å²) in [5, 5.41) is 9.15. The molecule has 1 heterocycles. The van der Waals surface area contributed by atoms with Crippen LogP contribution in [0.4, 0.5) is 9.18 Å². The first-order chi connectivity index (χ1) is 12.6. The van der Waals surface area contributed by atoms with Crippen molar-refractivity contribution in [3.8, 4) is 11.1 Å². The topological polar surface area (TPSA) is 66.8 Å². The minimum Gasteiger partial charge on any atom is -0.480 e. The Hall–Kier alpha value is -2.89. The average molecular weight is 355 g/mol. The number of amides is 1. The van der Waals surface area contributed by atoms with Crippen molar-refractivity contribution in [2.24, 2.45) is 0 Å². The fourth-order valence-electron chi connectivity index (χ4n) is 3.92. The molecule has 2 atom stereocenters. The predicted octanol–water partition coefficient (Wildman–Crippen LogP) is 3.43. The zero-order valence-corrected chi connectivity index (χ0v) is 14.0. The van der Waals surface area contributed by atoms with Crippen LogP contribution in [0, 0.1) is 0 Å². The first kappa shape index (κ1) is 16.6. The Morgan fingerprint density at radius 1 is 1.08 bits per heavy atom. The molecule has 1 saturated heterocycles. The Morgan fingerprint density at radius 3 is 2.23 bits per heavy atom. The van der Waals surface area contributed by atoms with Crippen molar-refractivity contribution in [3.05, 3.63) is 59.7 Å². The Balaban J connectivity index is 1.53. The van der Waals surface area contributed by atoms with E-state index in [9.17, 15) is 14.0 Å². The van der Waals surface area contributed by atoms with Crippen LogP contribution in [-0.4, -0.2) is 47.4 Å². The van der Waals surface area contributed by atoms with Crippen LogP contribution in [-0.2, 0) is 9.53 Å². The number of ether oxygens (including phenoxy) is 1. The van der Waals surface area contributed by atoms with Gasteiger partial charge in [0.25, 0.3) is 0 Å². The number of hydrogen-bond donors (Lipinski definition) is 1. The van der Waals surface area contributed by atoms with Gasteiger partial charge in [-0.2, -0.15) is 0 Å². The quantitative estimate of drug-likeness (QED) is 0.916. The maximum Gasteiger partial charge on any atom is 0.410 e. The molecule has 2 aromatic rings. The van der Waals surface area contributed by atoms with E-state index in [2.05, 4.69) is 0 Å². The van der Waals surface area contributed by atoms with Crippen LogP contribution in [0.3, 0.4) is 0 Å². The Kier molecular flexibility index (Phi) is 4.11. The van der Waals surface area contributed by atoms with E-state index in [1.165, 1.54) is 0 Å². The largest absolute Gasteiger partial charge is 0.480 e. The number of nitrogens with zero attached hydrogens (tertiary/aromatic N) is 1. The van der Waals surface area contributed by atoms with Crippen molar-refractivity contribution >= 4 is 12.1 Å². The first-order valence-corrected chi connectivity index (χ1v) is 8.56. The maximum absolute atomic E-state index is 13.8. The second kappa shape index (κ2) is 6.44. The van der Waals surface area contributed by atoms with Crippen LogP contribution in [0.1, 0.15) is 23.5 Å². The van der Waals surface area contributed by atoms with Gasteiger partial charge in [0.15, 0.2) is 6.04 Å². The number of fused-ring (bicyclic) bond motifs is 3. The first-order valence-electron chi connectivity index (χ1n) is 8.56. The lowest BCUT2D eigenvalue weighted by molar-refractivity contribution is -0.143. The Labute approximate surface area is 150 Å². The van der Waals surface area contributed by atoms with Crippen molar-refractivity contribution in [2.45, 2.75) is 24.6 Å². The number of benzene rings is 2. The van der Waals surface area contributed by atoms with Crippen LogP contribution in [0.5, 0.6) is 0 Å². The van der Waals surface area contributed by atoms with Crippen molar-refractivity contribution in [2.75, 3.05) is 13.2 Å². The molecule has 1 unspecified atom stereocenters. The molecular formula is C20H18FNO4. The molecule has 0 spiro atoms. The zero-order chi connectivity index (χ0) is 18.3. The molecule has 0 radical (unpaired) electrons. The van der Waals surface area contributed by atoms with E-state index in [-0.39, 0.29) is 25.5 Å². The highest BCUT2D eigenvalue weighted by atomic mass is 19.1. The van der Waals surface area contributed by atoms with Gasteiger partial charge in [-0.1, -0.05) is 48.5 Å². The summed E-state index contributed by atoms with van der Waals surface area (Å²) in [6, 6.07) is 14.4. The number of carboxylic acids is 1. The molecule has 0 aromatic heterocycles. The number of hydrogen-bond acceptors (Lipinski definition) is 3. The van der Waals surface area contributed by atoms with Gasteiger partial charge in [-0.05, 0) is 28.7 Å². The normalized spacial score (nSPS) is 21.3. The standard InChI is InChI=1S/C20H18FNO4/c21-17-9-10-22(18(17)19(23)24)20(25)26-11-16-14-7-3-1-5-12(14)13-6-2-4-8-15(13)16/h1-8,16-18H,9-11H2,(H,23,24)/t17?,18-/m0/s1. The van der Waals surface area contributed by atoms with E-state index < -0.39 is 24.3 Å². The van der Waals surface area contributed by atoms with Crippen LogP contribution in [0.25, 0.3) is 11.1 Å². The third-order valence-electron chi connectivity index (χ3n) is 5.15. The van der Waals surface area contributed by atoms with Crippen LogP contribution >= 0.6 is 0 Å². The van der Waals surface area contributed by atoms with Crippen molar-refractivity contribution in [1.82, 2.24) is 4.90 Å². The molecule has 2 aromatic carbocycles. The van der Waals surface area contributed by atoms with Crippen LogP contribution in [0.2, 0.25) is 0 Å². The number of carbonyl (C=O) groups is 2. The average Bonchev–Trinajstić information content (AvgIpc) is 3.18. The molecule has 1 aliphatic carbocycles. The third-order valence-corrected chi connectivity index (χ3v) is 5.15. The molecule has 1 aliphatic heterocycles. The number of carboxylic acid groups (broad SMARTS) is 1. The van der Waals surface area contributed by atoms with Gasteiger partial charge in [-0.25, -0.2) is 14.0 Å². The van der Waals surface area contributed by atoms with Crippen LogP contribution < -0.4 is 0 Å². The lowest BCUT2D eigenvalue weighted by atomic mass is 9.98. The summed E-state index contributed by atoms with van der Waals surface area (Å²) in [6.45, 7) is 0.140. The SMILES string of the molecule is O=C(O)[C@@H]1C(F)CCN1C(=O)OCC1c2ccccc2-c2ccccc21. The van der Waals surface area contributed by atoms with Gasteiger partial charge < -0.3 is 9.84 Å². The fourth-order valence-corrected chi connectivity index (χ4v) is 3.92. The Morgan fingerprint density at radius 2 is 1.65 bits per heavy atom. The number of likely N-dealkylation sites (tertiary alicyclic amines) is 1. The maximum atomic E-state index is 13.8. The van der Waals surface area contributed by atoms with E-state index in [1.54, 1.807) is 0 Å². The van der Waals surface area contributed by atoms with Gasteiger partial charge in [-0.15, -0.1) is 0 Å². The molecule has 1 N–H and O–H groups in total. The summed E-state index contributed by atoms with van der Waals surface area (Å²) in [5.41, 5.74) is 4.36. The van der Waals surface area contributed by atoms with Gasteiger partial charge in [0.2, 0.25) is 0 Å². The van der Waals surface area contributed by atoms with E-state index in [4.69, 9.17) is 9.84 Å². The summed E-state index contributed by atoms with van der Waals surface area (Å²) in [7, 11) is 0. The van der Waals surface area contributed by atoms with Crippen molar-refractivity contribution in [3.63, 3.8) is 0 Å². The lowest BCUT2D eigenvalue weighted by Gasteiger charge is -2.23. The molecule has 4 rings (SSSR count). The highest BCUT2D eigenvalue weighted by Gasteiger charge is 2.43. The summed E-state index contributed by atoms with van der Waals surface area (Å²) < 4.78 is 19.2. The molecule has 134 valence electrons. The highest BCUT2D eigenvalue weighted by molar-refractivity contribution is 5.82. The number of rotatable bonds is 3. The molecule has 0 saturated carbocycles. The van der Waals surface area contributed by atoms with E-state index in [0.29, 0.717) is 0 Å². The summed E-state index contributed by atoms with van der Waals surface area (Å²) in [6.07, 6.45) is -2.33. The zero-order valence-electron chi connectivity index (χ0n) is 14.0. The number of carbonyl (C=O) groups excluding carboxylic acids is 1. The molecule has 0 bridgehead atoms.